The first kappa shape index (κ1) is 12.0. The Kier molecular flexibility index (Phi) is 2.36. The van der Waals surface area contributed by atoms with Gasteiger partial charge in [0.05, 0.1) is 25.5 Å². The van der Waals surface area contributed by atoms with Crippen LogP contribution in [-0.2, 0) is 0 Å². The van der Waals surface area contributed by atoms with Crippen molar-refractivity contribution in [1.29, 1.82) is 0 Å². The smallest absolute Gasteiger partial charge is 0.260 e. The second-order valence-electron chi connectivity index (χ2n) is 5.01. The minimum Gasteiger partial charge on any atom is -0.496 e. The first-order valence-corrected chi connectivity index (χ1v) is 6.66. The molecule has 1 N–H and O–H groups in total. The molecule has 104 valence electrons. The molecule has 0 atom stereocenters. The zero-order valence-electron chi connectivity index (χ0n) is 11.7. The average molecular weight is 279 g/mol. The van der Waals surface area contributed by atoms with Crippen LogP contribution in [0.4, 0.5) is 5.69 Å². The van der Waals surface area contributed by atoms with Crippen LogP contribution in [0.2, 0.25) is 0 Å². The van der Waals surface area contributed by atoms with Gasteiger partial charge in [0.1, 0.15) is 11.5 Å². The molecule has 1 aliphatic heterocycles. The largest absolute Gasteiger partial charge is 0.496 e. The summed E-state index contributed by atoms with van der Waals surface area (Å²) >= 11 is 0. The Balaban J connectivity index is 2.31. The van der Waals surface area contributed by atoms with Crippen LogP contribution >= 0.6 is 0 Å². The van der Waals surface area contributed by atoms with Crippen molar-refractivity contribution in [3.8, 4) is 11.5 Å². The zero-order valence-corrected chi connectivity index (χ0v) is 11.7. The van der Waals surface area contributed by atoms with E-state index in [9.17, 15) is 4.79 Å². The van der Waals surface area contributed by atoms with Crippen LogP contribution in [0.15, 0.2) is 36.4 Å². The van der Waals surface area contributed by atoms with Gasteiger partial charge in [0.2, 0.25) is 0 Å². The van der Waals surface area contributed by atoms with Crippen molar-refractivity contribution in [2.45, 2.75) is 0 Å². The van der Waals surface area contributed by atoms with E-state index < -0.39 is 0 Å². The number of hydrogen-bond acceptors (Lipinski definition) is 3. The maximum atomic E-state index is 12.3. The molecule has 0 aliphatic carbocycles. The number of rotatable bonds is 2. The van der Waals surface area contributed by atoms with Gasteiger partial charge in [-0.3, -0.25) is 4.79 Å². The number of methoxy groups -OCH3 is 2. The topological polar surface area (TPSA) is 47.6 Å². The van der Waals surface area contributed by atoms with Gasteiger partial charge >= 0.3 is 0 Å². The molecular formula is C17H13NO3. The van der Waals surface area contributed by atoms with Gasteiger partial charge in [0.25, 0.3) is 5.91 Å². The minimum absolute atomic E-state index is 0.134. The van der Waals surface area contributed by atoms with Crippen LogP contribution in [0.3, 0.4) is 0 Å². The Labute approximate surface area is 121 Å². The second-order valence-corrected chi connectivity index (χ2v) is 5.01. The van der Waals surface area contributed by atoms with Crippen LogP contribution in [0, 0.1) is 0 Å². The molecule has 0 saturated heterocycles. The molecule has 21 heavy (non-hydrogen) atoms. The maximum Gasteiger partial charge on any atom is 0.260 e. The highest BCUT2D eigenvalue weighted by molar-refractivity contribution is 6.31. The molecule has 0 bridgehead atoms. The molecular weight excluding hydrogens is 266 g/mol. The van der Waals surface area contributed by atoms with E-state index in [2.05, 4.69) is 5.32 Å². The molecule has 1 heterocycles. The lowest BCUT2D eigenvalue weighted by molar-refractivity contribution is 0.102. The summed E-state index contributed by atoms with van der Waals surface area (Å²) in [5.41, 5.74) is 1.38. The Hall–Kier alpha value is -2.75. The Morgan fingerprint density at radius 2 is 1.71 bits per heavy atom. The summed E-state index contributed by atoms with van der Waals surface area (Å²) in [7, 11) is 3.19. The molecule has 1 aliphatic rings. The van der Waals surface area contributed by atoms with Crippen molar-refractivity contribution in [3.63, 3.8) is 0 Å². The zero-order chi connectivity index (χ0) is 14.6. The van der Waals surface area contributed by atoms with E-state index in [1.165, 1.54) is 0 Å². The molecule has 0 fully saturated rings. The maximum absolute atomic E-state index is 12.3. The molecule has 3 aromatic carbocycles. The molecule has 0 radical (unpaired) electrons. The molecule has 0 saturated carbocycles. The summed E-state index contributed by atoms with van der Waals surface area (Å²) in [4.78, 5) is 12.3. The van der Waals surface area contributed by atoms with Gasteiger partial charge in [-0.2, -0.15) is 0 Å². The molecule has 4 heteroatoms. The van der Waals surface area contributed by atoms with Crippen LogP contribution < -0.4 is 14.8 Å². The van der Waals surface area contributed by atoms with E-state index in [1.54, 1.807) is 20.3 Å². The number of fused-ring (bicyclic) bond motifs is 2. The first-order chi connectivity index (χ1) is 10.2. The van der Waals surface area contributed by atoms with Gasteiger partial charge in [-0.1, -0.05) is 24.3 Å². The van der Waals surface area contributed by atoms with Gasteiger partial charge < -0.3 is 14.8 Å². The fourth-order valence-electron chi connectivity index (χ4n) is 3.08. The molecule has 4 nitrogen and oxygen atoms in total. The van der Waals surface area contributed by atoms with E-state index in [-0.39, 0.29) is 5.91 Å². The lowest BCUT2D eigenvalue weighted by atomic mass is 9.97. The highest BCUT2D eigenvalue weighted by Crippen LogP contribution is 2.46. The van der Waals surface area contributed by atoms with Gasteiger partial charge in [-0.15, -0.1) is 0 Å². The van der Waals surface area contributed by atoms with Gasteiger partial charge in [0, 0.05) is 16.8 Å². The predicted molar refractivity (Wildman–Crippen MR) is 82.5 cm³/mol. The number of anilines is 1. The van der Waals surface area contributed by atoms with Crippen molar-refractivity contribution >= 4 is 33.1 Å². The number of carbonyl (C=O) groups is 1. The molecule has 0 aromatic heterocycles. The lowest BCUT2D eigenvalue weighted by Gasteiger charge is -2.13. The monoisotopic (exact) mass is 279 g/mol. The molecule has 0 unspecified atom stereocenters. The third kappa shape index (κ3) is 1.47. The van der Waals surface area contributed by atoms with Crippen LogP contribution in [0.1, 0.15) is 10.4 Å². The first-order valence-electron chi connectivity index (χ1n) is 6.66. The van der Waals surface area contributed by atoms with Crippen molar-refractivity contribution in [2.24, 2.45) is 0 Å². The summed E-state index contributed by atoms with van der Waals surface area (Å²) in [6, 6.07) is 11.8. The minimum atomic E-state index is -0.134. The van der Waals surface area contributed by atoms with E-state index in [0.717, 1.165) is 27.2 Å². The summed E-state index contributed by atoms with van der Waals surface area (Å²) in [6.07, 6.45) is 0. The third-order valence-electron chi connectivity index (χ3n) is 3.97. The number of carbonyl (C=O) groups excluding carboxylic acids is 1. The molecule has 3 aromatic rings. The van der Waals surface area contributed by atoms with E-state index >= 15 is 0 Å². The number of amides is 1. The highest BCUT2D eigenvalue weighted by Gasteiger charge is 2.29. The van der Waals surface area contributed by atoms with E-state index in [0.29, 0.717) is 17.1 Å². The summed E-state index contributed by atoms with van der Waals surface area (Å²) < 4.78 is 10.9. The molecule has 4 rings (SSSR count). The van der Waals surface area contributed by atoms with Gasteiger partial charge in [0.15, 0.2) is 0 Å². The normalized spacial score (nSPS) is 12.8. The Morgan fingerprint density at radius 3 is 2.48 bits per heavy atom. The van der Waals surface area contributed by atoms with Crippen LogP contribution in [0.25, 0.3) is 21.5 Å². The fraction of sp³-hybridized carbons (Fsp3) is 0.118. The molecule has 0 spiro atoms. The van der Waals surface area contributed by atoms with Crippen LogP contribution in [-0.4, -0.2) is 20.1 Å². The van der Waals surface area contributed by atoms with E-state index in [1.807, 2.05) is 30.3 Å². The average Bonchev–Trinajstić information content (AvgIpc) is 2.84. The summed E-state index contributed by atoms with van der Waals surface area (Å²) in [6.45, 7) is 0. The predicted octanol–water partition coefficient (Wildman–Crippen LogP) is 3.58. The standard InChI is InChI=1S/C17H13NO3/c1-20-12-8-13(21-2)16-15-11(18-17(16)19)7-9-5-3-4-6-10(9)14(12)15/h3-8H,1-2H3,(H,18,19). The second kappa shape index (κ2) is 4.12. The van der Waals surface area contributed by atoms with Crippen molar-refractivity contribution in [2.75, 3.05) is 19.5 Å². The van der Waals surface area contributed by atoms with Crippen LogP contribution in [0.5, 0.6) is 11.5 Å². The number of ether oxygens (including phenoxy) is 2. The summed E-state index contributed by atoms with van der Waals surface area (Å²) in [5.74, 6) is 1.11. The quantitative estimate of drug-likeness (QED) is 0.729. The lowest BCUT2D eigenvalue weighted by Crippen LogP contribution is -2.06. The number of hydrogen-bond donors (Lipinski definition) is 1. The van der Waals surface area contributed by atoms with Crippen molar-refractivity contribution in [3.05, 3.63) is 42.0 Å². The van der Waals surface area contributed by atoms with Gasteiger partial charge in [-0.05, 0) is 16.8 Å². The number of nitrogens with one attached hydrogen (secondary N) is 1. The molecule has 1 amide bonds. The Morgan fingerprint density at radius 1 is 0.952 bits per heavy atom. The van der Waals surface area contributed by atoms with E-state index in [4.69, 9.17) is 9.47 Å². The SMILES string of the molecule is COc1cc(OC)c2c3c(cc4ccccc42)NC(=O)c13. The Bertz CT molecular complexity index is 915. The number of benzene rings is 3. The van der Waals surface area contributed by atoms with Crippen molar-refractivity contribution in [1.82, 2.24) is 0 Å². The fourth-order valence-corrected chi connectivity index (χ4v) is 3.08. The van der Waals surface area contributed by atoms with Crippen molar-refractivity contribution < 1.29 is 14.3 Å². The third-order valence-corrected chi connectivity index (χ3v) is 3.97. The highest BCUT2D eigenvalue weighted by atomic mass is 16.5. The summed E-state index contributed by atoms with van der Waals surface area (Å²) in [5, 5.41) is 6.86. The van der Waals surface area contributed by atoms with Gasteiger partial charge in [-0.25, -0.2) is 0 Å².